The molecule has 0 aliphatic carbocycles. The van der Waals surface area contributed by atoms with Gasteiger partial charge in [-0.2, -0.15) is 5.26 Å². The topological polar surface area (TPSA) is 119 Å². The Kier molecular flexibility index (Phi) is 4.55. The van der Waals surface area contributed by atoms with E-state index >= 15 is 0 Å². The van der Waals surface area contributed by atoms with Gasteiger partial charge in [0.2, 0.25) is 11.8 Å². The molecule has 0 aliphatic heterocycles. The van der Waals surface area contributed by atoms with Gasteiger partial charge in [0.05, 0.1) is 29.4 Å². The highest BCUT2D eigenvalue weighted by Crippen LogP contribution is 2.28. The Labute approximate surface area is 165 Å². The maximum atomic E-state index is 13.3. The molecule has 0 aliphatic rings. The summed E-state index contributed by atoms with van der Waals surface area (Å²) in [6.07, 6.45) is 3.46. The Balaban J connectivity index is 1.94. The van der Waals surface area contributed by atoms with Crippen molar-refractivity contribution in [3.63, 3.8) is 0 Å². The first-order chi connectivity index (χ1) is 14.1. The molecule has 2 aromatic heterocycles. The number of rotatable bonds is 4. The second-order valence-electron chi connectivity index (χ2n) is 6.20. The van der Waals surface area contributed by atoms with E-state index in [2.05, 4.69) is 15.3 Å². The van der Waals surface area contributed by atoms with Gasteiger partial charge in [-0.05, 0) is 35.9 Å². The molecule has 4 rings (SSSR count). The summed E-state index contributed by atoms with van der Waals surface area (Å²) in [5.41, 5.74) is 8.65. The fourth-order valence-corrected chi connectivity index (χ4v) is 3.11. The molecule has 2 aromatic carbocycles. The number of nitrogens with two attached hydrogens (primary N) is 1. The molecule has 29 heavy (non-hydrogen) atoms. The molecule has 0 radical (unpaired) electrons. The zero-order valence-corrected chi connectivity index (χ0v) is 15.5. The number of anilines is 2. The normalized spacial score (nSPS) is 10.5. The van der Waals surface area contributed by atoms with Gasteiger partial charge in [0, 0.05) is 11.8 Å². The molecule has 0 atom stereocenters. The van der Waals surface area contributed by atoms with E-state index in [0.717, 1.165) is 11.1 Å². The summed E-state index contributed by atoms with van der Waals surface area (Å²) in [7, 11) is 1.50. The highest BCUT2D eigenvalue weighted by molar-refractivity contribution is 5.85. The van der Waals surface area contributed by atoms with Crippen LogP contribution in [-0.4, -0.2) is 21.6 Å². The highest BCUT2D eigenvalue weighted by atomic mass is 16.5. The zero-order valence-electron chi connectivity index (χ0n) is 15.5. The molecule has 8 heteroatoms. The Morgan fingerprint density at radius 3 is 2.62 bits per heavy atom. The minimum atomic E-state index is -0.296. The van der Waals surface area contributed by atoms with Crippen molar-refractivity contribution in [2.24, 2.45) is 0 Å². The van der Waals surface area contributed by atoms with Crippen molar-refractivity contribution in [2.75, 3.05) is 18.2 Å². The van der Waals surface area contributed by atoms with E-state index in [-0.39, 0.29) is 11.5 Å². The van der Waals surface area contributed by atoms with Crippen LogP contribution >= 0.6 is 0 Å². The number of fused-ring (bicyclic) bond motifs is 1. The lowest BCUT2D eigenvalue weighted by Crippen LogP contribution is -2.22. The molecule has 3 N–H and O–H groups in total. The summed E-state index contributed by atoms with van der Waals surface area (Å²) < 4.78 is 6.46. The van der Waals surface area contributed by atoms with Crippen LogP contribution < -0.4 is 21.3 Å². The summed E-state index contributed by atoms with van der Waals surface area (Å²) in [6.45, 7) is 0. The number of pyridine rings is 1. The van der Waals surface area contributed by atoms with Gasteiger partial charge in [-0.3, -0.25) is 10.1 Å². The predicted octanol–water partition coefficient (Wildman–Crippen LogP) is 2.93. The SMILES string of the molecule is COc1ncc(-c2ccc3nc(NC#N)n(-c4ccccc4)c(=O)c3c2)cc1N. The van der Waals surface area contributed by atoms with Crippen LogP contribution in [-0.2, 0) is 0 Å². The quantitative estimate of drug-likeness (QED) is 0.410. The Morgan fingerprint density at radius 1 is 1.14 bits per heavy atom. The molecule has 0 fully saturated rings. The summed E-state index contributed by atoms with van der Waals surface area (Å²) in [6, 6.07) is 16.0. The number of hydrogen-bond donors (Lipinski definition) is 2. The standard InChI is InChI=1S/C21H16N6O2/c1-29-19-17(23)10-14(11-24-19)13-7-8-18-16(9-13)20(28)27(21(26-18)25-12-22)15-5-3-2-4-6-15/h2-11H,23H2,1H3,(H,25,26). The molecule has 8 nitrogen and oxygen atoms in total. The third kappa shape index (κ3) is 3.21. The van der Waals surface area contributed by atoms with E-state index in [9.17, 15) is 4.79 Å². The maximum Gasteiger partial charge on any atom is 0.267 e. The van der Waals surface area contributed by atoms with Crippen LogP contribution in [0.2, 0.25) is 0 Å². The van der Waals surface area contributed by atoms with Gasteiger partial charge in [0.25, 0.3) is 5.56 Å². The molecule has 2 heterocycles. The van der Waals surface area contributed by atoms with Gasteiger partial charge >= 0.3 is 0 Å². The fraction of sp³-hybridized carbons (Fsp3) is 0.0476. The number of aromatic nitrogens is 3. The van der Waals surface area contributed by atoms with Gasteiger partial charge in [0.1, 0.15) is 0 Å². The van der Waals surface area contributed by atoms with Crippen LogP contribution in [0.1, 0.15) is 0 Å². The van der Waals surface area contributed by atoms with Crippen LogP contribution in [0.4, 0.5) is 11.6 Å². The average Bonchev–Trinajstić information content (AvgIpc) is 2.74. The van der Waals surface area contributed by atoms with Crippen molar-refractivity contribution >= 4 is 22.5 Å². The second-order valence-corrected chi connectivity index (χ2v) is 6.20. The van der Waals surface area contributed by atoms with Crippen molar-refractivity contribution in [2.45, 2.75) is 0 Å². The number of nitrogens with one attached hydrogen (secondary N) is 1. The zero-order chi connectivity index (χ0) is 20.4. The first-order valence-electron chi connectivity index (χ1n) is 8.69. The van der Waals surface area contributed by atoms with Crippen LogP contribution in [0.25, 0.3) is 27.7 Å². The van der Waals surface area contributed by atoms with E-state index < -0.39 is 0 Å². The number of nitrogens with zero attached hydrogens (tertiary/aromatic N) is 4. The molecule has 0 saturated carbocycles. The molecule has 0 spiro atoms. The number of para-hydroxylation sites is 1. The largest absolute Gasteiger partial charge is 0.480 e. The molecule has 0 unspecified atom stereocenters. The van der Waals surface area contributed by atoms with Gasteiger partial charge in [-0.15, -0.1) is 0 Å². The molecular weight excluding hydrogens is 368 g/mol. The number of nitriles is 1. The lowest BCUT2D eigenvalue weighted by Gasteiger charge is -2.13. The van der Waals surface area contributed by atoms with E-state index in [4.69, 9.17) is 15.7 Å². The van der Waals surface area contributed by atoms with Gasteiger partial charge in [0.15, 0.2) is 6.19 Å². The maximum absolute atomic E-state index is 13.3. The summed E-state index contributed by atoms with van der Waals surface area (Å²) in [4.78, 5) is 21.9. The number of hydrogen-bond acceptors (Lipinski definition) is 7. The third-order valence-corrected chi connectivity index (χ3v) is 4.46. The van der Waals surface area contributed by atoms with Crippen LogP contribution in [0, 0.1) is 11.5 Å². The van der Waals surface area contributed by atoms with Crippen molar-refractivity contribution in [1.29, 1.82) is 5.26 Å². The van der Waals surface area contributed by atoms with E-state index in [0.29, 0.717) is 28.2 Å². The third-order valence-electron chi connectivity index (χ3n) is 4.46. The van der Waals surface area contributed by atoms with Crippen LogP contribution in [0.3, 0.4) is 0 Å². The predicted molar refractivity (Wildman–Crippen MR) is 111 cm³/mol. The van der Waals surface area contributed by atoms with Crippen LogP contribution in [0.15, 0.2) is 65.6 Å². The van der Waals surface area contributed by atoms with Crippen LogP contribution in [0.5, 0.6) is 5.88 Å². The minimum Gasteiger partial charge on any atom is -0.480 e. The molecule has 0 amide bonds. The first-order valence-corrected chi connectivity index (χ1v) is 8.69. The number of ether oxygens (including phenoxy) is 1. The molecular formula is C21H16N6O2. The lowest BCUT2D eigenvalue weighted by atomic mass is 10.0. The van der Waals surface area contributed by atoms with Crippen molar-refractivity contribution < 1.29 is 4.74 Å². The smallest absolute Gasteiger partial charge is 0.267 e. The monoisotopic (exact) mass is 384 g/mol. The van der Waals surface area contributed by atoms with E-state index in [1.165, 1.54) is 11.7 Å². The summed E-state index contributed by atoms with van der Waals surface area (Å²) >= 11 is 0. The Bertz CT molecular complexity index is 1310. The molecule has 4 aromatic rings. The van der Waals surface area contributed by atoms with Gasteiger partial charge in [-0.25, -0.2) is 14.5 Å². The first kappa shape index (κ1) is 18.0. The van der Waals surface area contributed by atoms with Crippen molar-refractivity contribution in [3.05, 3.63) is 71.1 Å². The Morgan fingerprint density at radius 2 is 1.93 bits per heavy atom. The lowest BCUT2D eigenvalue weighted by molar-refractivity contribution is 0.400. The van der Waals surface area contributed by atoms with Crippen molar-refractivity contribution in [3.8, 4) is 28.9 Å². The second kappa shape index (κ2) is 7.32. The Hall–Kier alpha value is -4.38. The summed E-state index contributed by atoms with van der Waals surface area (Å²) in [5.74, 6) is 0.495. The highest BCUT2D eigenvalue weighted by Gasteiger charge is 2.14. The fourth-order valence-electron chi connectivity index (χ4n) is 3.11. The molecule has 142 valence electrons. The van der Waals surface area contributed by atoms with Crippen molar-refractivity contribution in [1.82, 2.24) is 14.5 Å². The molecule has 0 bridgehead atoms. The number of nitrogen functional groups attached to an aromatic ring is 1. The molecule has 0 saturated heterocycles. The minimum absolute atomic E-state index is 0.152. The summed E-state index contributed by atoms with van der Waals surface area (Å²) in [5, 5.41) is 12.0. The van der Waals surface area contributed by atoms with Gasteiger partial charge < -0.3 is 10.5 Å². The van der Waals surface area contributed by atoms with E-state index in [1.807, 2.05) is 30.5 Å². The number of benzene rings is 2. The average molecular weight is 384 g/mol. The van der Waals surface area contributed by atoms with E-state index in [1.54, 1.807) is 36.5 Å². The number of methoxy groups -OCH3 is 1. The van der Waals surface area contributed by atoms with Gasteiger partial charge in [-0.1, -0.05) is 24.3 Å².